The third kappa shape index (κ3) is 5.80. The number of methoxy groups -OCH3 is 1. The van der Waals surface area contributed by atoms with E-state index < -0.39 is 36.6 Å². The van der Waals surface area contributed by atoms with E-state index in [0.717, 1.165) is 22.8 Å². The average molecular weight is 538 g/mol. The quantitative estimate of drug-likeness (QED) is 0.260. The Hall–Kier alpha value is -0.590. The molecule has 0 radical (unpaired) electrons. The number of allylic oxidation sites excluding steroid dienone is 1. The molecule has 2 N–H and O–H groups in total. The van der Waals surface area contributed by atoms with Crippen LogP contribution in [0.3, 0.4) is 0 Å². The van der Waals surface area contributed by atoms with Crippen LogP contribution >= 0.6 is 22.6 Å². The zero-order chi connectivity index (χ0) is 21.8. The minimum atomic E-state index is -1.00. The Morgan fingerprint density at radius 3 is 2.40 bits per heavy atom. The fraction of sp³-hybridized carbons (Fsp3) is 0.810. The van der Waals surface area contributed by atoms with Gasteiger partial charge in [-0.05, 0) is 58.3 Å². The summed E-state index contributed by atoms with van der Waals surface area (Å²) < 4.78 is 23.5. The van der Waals surface area contributed by atoms with Gasteiger partial charge in [-0.25, -0.2) is 0 Å². The zero-order valence-corrected chi connectivity index (χ0v) is 19.4. The molecule has 3 fully saturated rings. The zero-order valence-electron chi connectivity index (χ0n) is 17.2. The molecule has 0 amide bonds. The van der Waals surface area contributed by atoms with Crippen LogP contribution < -0.4 is 0 Å². The van der Waals surface area contributed by atoms with E-state index in [1.54, 1.807) is 0 Å². The highest BCUT2D eigenvalue weighted by molar-refractivity contribution is 14.1. The number of carbonyl (C=O) groups is 2. The predicted octanol–water partition coefficient (Wildman–Crippen LogP) is 1.82. The van der Waals surface area contributed by atoms with Crippen molar-refractivity contribution in [2.24, 2.45) is 0 Å². The lowest BCUT2D eigenvalue weighted by Crippen LogP contribution is -2.61. The fourth-order valence-electron chi connectivity index (χ4n) is 4.48. The van der Waals surface area contributed by atoms with E-state index in [4.69, 9.17) is 14.2 Å². The predicted molar refractivity (Wildman–Crippen MR) is 115 cm³/mol. The first-order valence-electron chi connectivity index (χ1n) is 10.5. The highest BCUT2D eigenvalue weighted by Crippen LogP contribution is 2.40. The Balaban J connectivity index is 1.53. The molecule has 0 saturated carbocycles. The molecule has 9 heteroatoms. The van der Waals surface area contributed by atoms with Crippen LogP contribution in [0.4, 0.5) is 0 Å². The van der Waals surface area contributed by atoms with Crippen molar-refractivity contribution in [2.45, 2.75) is 100 Å². The Bertz CT molecular complexity index is 640. The molecule has 3 saturated heterocycles. The number of aliphatic hydroxyl groups excluding tert-OH is 2. The van der Waals surface area contributed by atoms with Crippen molar-refractivity contribution in [3.8, 4) is 0 Å². The second-order valence-electron chi connectivity index (χ2n) is 8.31. The standard InChI is InChI=1S/C21H31IO8/c1-11(22)5-3-4-6-12(23)9-15-17(25)20-21(30-15)18(26)19-14(29-20)8-7-13(28-19)10-16(24)27-2/h13-15,17-21,25-26H,1,3-10H2,2H3/t13?,14-,15-,17?,18?,19-,20?,21?/m0/s1. The maximum absolute atomic E-state index is 12.3. The molecule has 30 heavy (non-hydrogen) atoms. The molecule has 0 spiro atoms. The number of rotatable bonds is 9. The Labute approximate surface area is 190 Å². The van der Waals surface area contributed by atoms with Gasteiger partial charge in [-0.15, -0.1) is 0 Å². The lowest BCUT2D eigenvalue weighted by molar-refractivity contribution is -0.259. The summed E-state index contributed by atoms with van der Waals surface area (Å²) in [6, 6.07) is 0. The molecule has 0 aromatic rings. The molecule has 3 aliphatic rings. The normalized spacial score (nSPS) is 37.9. The van der Waals surface area contributed by atoms with Crippen LogP contribution in [0.5, 0.6) is 0 Å². The molecule has 170 valence electrons. The van der Waals surface area contributed by atoms with E-state index in [2.05, 4.69) is 33.9 Å². The summed E-state index contributed by atoms with van der Waals surface area (Å²) >= 11 is 2.18. The molecule has 0 bridgehead atoms. The summed E-state index contributed by atoms with van der Waals surface area (Å²) in [5, 5.41) is 21.5. The molecule has 0 aliphatic carbocycles. The third-order valence-electron chi connectivity index (χ3n) is 6.07. The average Bonchev–Trinajstić information content (AvgIpc) is 3.01. The first kappa shape index (κ1) is 24.1. The number of carbonyl (C=O) groups excluding carboxylic acids is 2. The van der Waals surface area contributed by atoms with Crippen molar-refractivity contribution in [1.82, 2.24) is 0 Å². The van der Waals surface area contributed by atoms with Crippen molar-refractivity contribution in [3.63, 3.8) is 0 Å². The van der Waals surface area contributed by atoms with Gasteiger partial charge in [0.2, 0.25) is 0 Å². The molecular formula is C21H31IO8. The Kier molecular flexibility index (Phi) is 8.68. The third-order valence-corrected chi connectivity index (χ3v) is 6.61. The smallest absolute Gasteiger partial charge is 0.308 e. The summed E-state index contributed by atoms with van der Waals surface area (Å²) in [5.41, 5.74) is 0. The first-order chi connectivity index (χ1) is 14.3. The number of halogens is 1. The Morgan fingerprint density at radius 1 is 1.00 bits per heavy atom. The van der Waals surface area contributed by atoms with Crippen LogP contribution in [0.2, 0.25) is 0 Å². The van der Waals surface area contributed by atoms with Gasteiger partial charge >= 0.3 is 5.97 Å². The van der Waals surface area contributed by atoms with Crippen LogP contribution in [0.25, 0.3) is 0 Å². The van der Waals surface area contributed by atoms with Gasteiger partial charge in [-0.1, -0.05) is 6.58 Å². The summed E-state index contributed by atoms with van der Waals surface area (Å²) in [7, 11) is 1.33. The van der Waals surface area contributed by atoms with Gasteiger partial charge in [0, 0.05) is 12.8 Å². The molecular weight excluding hydrogens is 507 g/mol. The van der Waals surface area contributed by atoms with E-state index in [9.17, 15) is 19.8 Å². The molecule has 0 aromatic heterocycles. The van der Waals surface area contributed by atoms with E-state index in [1.165, 1.54) is 7.11 Å². The lowest BCUT2D eigenvalue weighted by atomic mass is 9.87. The SMILES string of the molecule is C=C(I)CCCCC(=O)C[C@@H]1OC2C(O[C@H]3CCC(CC(=O)OC)O[C@@H]3C2O)C1O. The molecule has 0 aromatic carbocycles. The van der Waals surface area contributed by atoms with Gasteiger partial charge in [-0.3, -0.25) is 9.59 Å². The van der Waals surface area contributed by atoms with Gasteiger partial charge < -0.3 is 29.2 Å². The summed E-state index contributed by atoms with van der Waals surface area (Å²) in [6.45, 7) is 3.84. The highest BCUT2D eigenvalue weighted by atomic mass is 127. The monoisotopic (exact) mass is 538 g/mol. The second-order valence-corrected chi connectivity index (χ2v) is 9.83. The van der Waals surface area contributed by atoms with Gasteiger partial charge in [0.1, 0.15) is 36.3 Å². The molecule has 3 aliphatic heterocycles. The molecule has 3 rings (SSSR count). The van der Waals surface area contributed by atoms with Crippen molar-refractivity contribution in [1.29, 1.82) is 0 Å². The largest absolute Gasteiger partial charge is 0.469 e. The van der Waals surface area contributed by atoms with Crippen LogP contribution in [-0.4, -0.2) is 77.9 Å². The second kappa shape index (κ2) is 10.8. The molecule has 8 atom stereocenters. The van der Waals surface area contributed by atoms with E-state index in [1.807, 2.05) is 0 Å². The number of Topliss-reactive ketones (excluding diaryl/α,β-unsaturated/α-hetero) is 1. The topological polar surface area (TPSA) is 112 Å². The van der Waals surface area contributed by atoms with Crippen LogP contribution in [-0.2, 0) is 28.5 Å². The molecule has 8 nitrogen and oxygen atoms in total. The maximum Gasteiger partial charge on any atom is 0.308 e. The molecule has 3 heterocycles. The number of hydrogen-bond acceptors (Lipinski definition) is 8. The van der Waals surface area contributed by atoms with Crippen LogP contribution in [0.15, 0.2) is 10.2 Å². The molecule has 5 unspecified atom stereocenters. The summed E-state index contributed by atoms with van der Waals surface area (Å²) in [4.78, 5) is 23.8. The van der Waals surface area contributed by atoms with Gasteiger partial charge in [-0.2, -0.15) is 0 Å². The first-order valence-corrected chi connectivity index (χ1v) is 11.6. The van der Waals surface area contributed by atoms with Gasteiger partial charge in [0.05, 0.1) is 31.8 Å². The maximum atomic E-state index is 12.3. The van der Waals surface area contributed by atoms with Crippen LogP contribution in [0.1, 0.15) is 51.4 Å². The van der Waals surface area contributed by atoms with Gasteiger partial charge in [0.25, 0.3) is 0 Å². The minimum Gasteiger partial charge on any atom is -0.469 e. The number of ether oxygens (including phenoxy) is 4. The van der Waals surface area contributed by atoms with E-state index in [0.29, 0.717) is 19.3 Å². The van der Waals surface area contributed by atoms with Crippen molar-refractivity contribution < 1.29 is 38.7 Å². The minimum absolute atomic E-state index is 0.0260. The summed E-state index contributed by atoms with van der Waals surface area (Å²) in [6.07, 6.45) is -1.10. The fourth-order valence-corrected chi connectivity index (χ4v) is 4.86. The van der Waals surface area contributed by atoms with Gasteiger partial charge in [0.15, 0.2) is 0 Å². The Morgan fingerprint density at radius 2 is 1.70 bits per heavy atom. The number of ketones is 1. The number of unbranched alkanes of at least 4 members (excludes halogenated alkanes) is 1. The number of esters is 1. The van der Waals surface area contributed by atoms with Crippen molar-refractivity contribution in [3.05, 3.63) is 10.2 Å². The number of hydrogen-bond donors (Lipinski definition) is 2. The summed E-state index contributed by atoms with van der Waals surface area (Å²) in [5.74, 6) is -0.338. The van der Waals surface area contributed by atoms with Crippen LogP contribution in [0, 0.1) is 0 Å². The van der Waals surface area contributed by atoms with Crippen molar-refractivity contribution >= 4 is 34.3 Å². The van der Waals surface area contributed by atoms with E-state index in [-0.39, 0.29) is 36.8 Å². The number of fused-ring (bicyclic) bond motifs is 2. The van der Waals surface area contributed by atoms with Crippen molar-refractivity contribution in [2.75, 3.05) is 7.11 Å². The lowest BCUT2D eigenvalue weighted by Gasteiger charge is -2.46. The van der Waals surface area contributed by atoms with E-state index >= 15 is 0 Å². The highest BCUT2D eigenvalue weighted by Gasteiger charge is 2.57. The number of aliphatic hydroxyl groups is 2.